The lowest BCUT2D eigenvalue weighted by molar-refractivity contribution is -0.0900. The lowest BCUT2D eigenvalue weighted by Crippen LogP contribution is -2.15. The first-order valence-electron chi connectivity index (χ1n) is 5.02. The van der Waals surface area contributed by atoms with E-state index in [1.807, 2.05) is 13.8 Å². The minimum Gasteiger partial charge on any atom is -0.166 e. The Kier molecular flexibility index (Phi) is 5.58. The molecule has 0 aromatic carbocycles. The number of rotatable bonds is 1. The summed E-state index contributed by atoms with van der Waals surface area (Å²) in [5.74, 6) is 0. The van der Waals surface area contributed by atoms with E-state index < -0.39 is 11.7 Å². The molecule has 0 saturated heterocycles. The van der Waals surface area contributed by atoms with E-state index in [1.54, 1.807) is 13.0 Å². The van der Waals surface area contributed by atoms with Gasteiger partial charge in [0.15, 0.2) is 0 Å². The molecule has 14 heavy (non-hydrogen) atoms. The van der Waals surface area contributed by atoms with Crippen LogP contribution in [0.15, 0.2) is 23.3 Å². The lowest BCUT2D eigenvalue weighted by Gasteiger charge is -2.17. The summed E-state index contributed by atoms with van der Waals surface area (Å²) in [4.78, 5) is 0. The number of allylic oxidation sites excluding steroid dienone is 4. The predicted molar refractivity (Wildman–Crippen MR) is 53.1 cm³/mol. The van der Waals surface area contributed by atoms with Crippen LogP contribution in [-0.4, -0.2) is 6.18 Å². The Labute approximate surface area is 83.5 Å². The number of hydrogen-bond donors (Lipinski definition) is 0. The summed E-state index contributed by atoms with van der Waals surface area (Å²) in [5, 5.41) is 0. The molecule has 0 amide bonds. The summed E-state index contributed by atoms with van der Waals surface area (Å²) in [6, 6.07) is 0. The predicted octanol–water partition coefficient (Wildman–Crippen LogP) is 4.63. The van der Waals surface area contributed by atoms with Gasteiger partial charge in [-0.15, -0.1) is 0 Å². The highest BCUT2D eigenvalue weighted by Gasteiger charge is 2.35. The van der Waals surface area contributed by atoms with Crippen molar-refractivity contribution in [2.75, 3.05) is 0 Å². The molecule has 0 spiro atoms. The van der Waals surface area contributed by atoms with E-state index in [-0.39, 0.29) is 0 Å². The topological polar surface area (TPSA) is 0 Å². The zero-order valence-electron chi connectivity index (χ0n) is 8.91. The second-order valence-electron chi connectivity index (χ2n) is 2.78. The molecule has 1 aliphatic carbocycles. The van der Waals surface area contributed by atoms with Crippen LogP contribution in [0.4, 0.5) is 13.2 Å². The van der Waals surface area contributed by atoms with Crippen LogP contribution in [0.25, 0.3) is 0 Å². The average molecular weight is 206 g/mol. The fourth-order valence-electron chi connectivity index (χ4n) is 1.36. The van der Waals surface area contributed by atoms with E-state index in [0.717, 1.165) is 6.42 Å². The molecular formula is C11H17F3. The normalized spacial score (nSPS) is 16.4. The average Bonchev–Trinajstić information content (AvgIpc) is 2.19. The highest BCUT2D eigenvalue weighted by atomic mass is 19.4. The third kappa shape index (κ3) is 3.56. The summed E-state index contributed by atoms with van der Waals surface area (Å²) in [6.45, 7) is 5.75. The summed E-state index contributed by atoms with van der Waals surface area (Å²) in [7, 11) is 0. The minimum absolute atomic E-state index is 0.434. The molecule has 0 fully saturated rings. The third-order valence-corrected chi connectivity index (χ3v) is 1.94. The molecule has 0 aromatic heterocycles. The number of hydrogen-bond acceptors (Lipinski definition) is 0. The molecule has 0 aromatic rings. The van der Waals surface area contributed by atoms with Gasteiger partial charge in [0.05, 0.1) is 5.57 Å². The molecule has 0 bridgehead atoms. The molecule has 0 atom stereocenters. The molecule has 0 N–H and O–H groups in total. The first-order chi connectivity index (χ1) is 6.55. The second-order valence-corrected chi connectivity index (χ2v) is 2.78. The van der Waals surface area contributed by atoms with Crippen molar-refractivity contribution in [1.82, 2.24) is 0 Å². The van der Waals surface area contributed by atoms with Crippen molar-refractivity contribution >= 4 is 0 Å². The van der Waals surface area contributed by atoms with Crippen molar-refractivity contribution in [2.45, 2.75) is 46.2 Å². The van der Waals surface area contributed by atoms with Gasteiger partial charge in [-0.25, -0.2) is 0 Å². The van der Waals surface area contributed by atoms with Gasteiger partial charge in [0.25, 0.3) is 0 Å². The molecular weight excluding hydrogens is 189 g/mol. The van der Waals surface area contributed by atoms with E-state index in [2.05, 4.69) is 0 Å². The van der Waals surface area contributed by atoms with Crippen LogP contribution in [0, 0.1) is 0 Å². The molecule has 0 nitrogen and oxygen atoms in total. The summed E-state index contributed by atoms with van der Waals surface area (Å²) in [5.41, 5.74) is 0.00463. The zero-order valence-corrected chi connectivity index (χ0v) is 8.91. The van der Waals surface area contributed by atoms with Gasteiger partial charge in [0.1, 0.15) is 0 Å². The van der Waals surface area contributed by atoms with Crippen molar-refractivity contribution in [3.05, 3.63) is 23.3 Å². The van der Waals surface area contributed by atoms with E-state index in [0.29, 0.717) is 18.4 Å². The summed E-state index contributed by atoms with van der Waals surface area (Å²) >= 11 is 0. The van der Waals surface area contributed by atoms with Crippen molar-refractivity contribution in [3.8, 4) is 0 Å². The fourth-order valence-corrected chi connectivity index (χ4v) is 1.36. The highest BCUT2D eigenvalue weighted by molar-refractivity contribution is 5.36. The van der Waals surface area contributed by atoms with Crippen LogP contribution in [0.3, 0.4) is 0 Å². The van der Waals surface area contributed by atoms with Crippen LogP contribution in [0.1, 0.15) is 40.0 Å². The maximum Gasteiger partial charge on any atom is 0.416 e. The van der Waals surface area contributed by atoms with Gasteiger partial charge >= 0.3 is 6.18 Å². The first-order valence-corrected chi connectivity index (χ1v) is 5.02. The van der Waals surface area contributed by atoms with E-state index in [9.17, 15) is 13.2 Å². The van der Waals surface area contributed by atoms with Gasteiger partial charge in [0, 0.05) is 0 Å². The molecule has 3 heteroatoms. The summed E-state index contributed by atoms with van der Waals surface area (Å²) < 4.78 is 36.8. The number of alkyl halides is 3. The Morgan fingerprint density at radius 1 is 1.14 bits per heavy atom. The van der Waals surface area contributed by atoms with Crippen LogP contribution in [-0.2, 0) is 0 Å². The molecule has 0 aliphatic heterocycles. The van der Waals surface area contributed by atoms with Gasteiger partial charge in [-0.05, 0) is 24.8 Å². The van der Waals surface area contributed by atoms with Crippen LogP contribution >= 0.6 is 0 Å². The maximum absolute atomic E-state index is 12.3. The van der Waals surface area contributed by atoms with Gasteiger partial charge in [-0.3, -0.25) is 0 Å². The van der Waals surface area contributed by atoms with Gasteiger partial charge in [0.2, 0.25) is 0 Å². The quantitative estimate of drug-likeness (QED) is 0.586. The van der Waals surface area contributed by atoms with E-state index in [4.69, 9.17) is 0 Å². The highest BCUT2D eigenvalue weighted by Crippen LogP contribution is 2.35. The Hall–Kier alpha value is -0.730. The summed E-state index contributed by atoms with van der Waals surface area (Å²) in [6.07, 6.45) is 0.524. The Morgan fingerprint density at radius 2 is 1.64 bits per heavy atom. The Bertz CT molecular complexity index is 221. The van der Waals surface area contributed by atoms with Crippen molar-refractivity contribution in [1.29, 1.82) is 0 Å². The largest absolute Gasteiger partial charge is 0.416 e. The van der Waals surface area contributed by atoms with E-state index in [1.165, 1.54) is 6.08 Å². The van der Waals surface area contributed by atoms with E-state index >= 15 is 0 Å². The van der Waals surface area contributed by atoms with Crippen molar-refractivity contribution in [3.63, 3.8) is 0 Å². The molecule has 0 heterocycles. The SMILES string of the molecule is CC.CCC1=CCCC=C1C(F)(F)F. The van der Waals surface area contributed by atoms with Crippen LogP contribution in [0.2, 0.25) is 0 Å². The van der Waals surface area contributed by atoms with Crippen molar-refractivity contribution < 1.29 is 13.2 Å². The van der Waals surface area contributed by atoms with Gasteiger partial charge in [-0.1, -0.05) is 32.9 Å². The molecule has 1 aliphatic rings. The molecule has 0 saturated carbocycles. The van der Waals surface area contributed by atoms with Crippen molar-refractivity contribution in [2.24, 2.45) is 0 Å². The smallest absolute Gasteiger partial charge is 0.166 e. The minimum atomic E-state index is -4.16. The fraction of sp³-hybridized carbons (Fsp3) is 0.636. The molecule has 0 radical (unpaired) electrons. The standard InChI is InChI=1S/C9H11F3.C2H6/c1-2-7-5-3-4-6-8(7)9(10,11)12;1-2/h5-6H,2-4H2,1H3;1-2H3. The second kappa shape index (κ2) is 5.89. The van der Waals surface area contributed by atoms with Gasteiger partial charge < -0.3 is 0 Å². The van der Waals surface area contributed by atoms with Crippen LogP contribution < -0.4 is 0 Å². The number of halogens is 3. The van der Waals surface area contributed by atoms with Gasteiger partial charge in [-0.2, -0.15) is 13.2 Å². The monoisotopic (exact) mass is 206 g/mol. The van der Waals surface area contributed by atoms with Crippen LogP contribution in [0.5, 0.6) is 0 Å². The molecule has 1 rings (SSSR count). The Balaban J connectivity index is 0.000000791. The molecule has 0 unspecified atom stereocenters. The third-order valence-electron chi connectivity index (χ3n) is 1.94. The lowest BCUT2D eigenvalue weighted by atomic mass is 9.95. The Morgan fingerprint density at radius 3 is 2.00 bits per heavy atom. The maximum atomic E-state index is 12.3. The molecule has 82 valence electrons. The zero-order chi connectivity index (χ0) is 11.2. The first kappa shape index (κ1) is 13.3.